The van der Waals surface area contributed by atoms with E-state index in [-0.39, 0.29) is 0 Å². The number of alkyl halides is 1. The number of benzene rings is 1. The molecule has 18 heavy (non-hydrogen) atoms. The molecule has 0 bridgehead atoms. The topological polar surface area (TPSA) is 44.2 Å². The molecule has 0 saturated carbocycles. The quantitative estimate of drug-likeness (QED) is 0.792. The van der Waals surface area contributed by atoms with Crippen molar-refractivity contribution in [2.75, 3.05) is 20.1 Å². The number of nitrogens with zero attached hydrogens (tertiary/aromatic N) is 2. The van der Waals surface area contributed by atoms with Crippen LogP contribution in [0.4, 0.5) is 0 Å². The van der Waals surface area contributed by atoms with Gasteiger partial charge in [-0.2, -0.15) is 0 Å². The smallest absolute Gasteiger partial charge is 0.171 e. The number of hydrogen-bond acceptors (Lipinski definition) is 5. The number of ether oxygens (including phenoxy) is 2. The molecule has 96 valence electrons. The third kappa shape index (κ3) is 2.57. The highest BCUT2D eigenvalue weighted by Gasteiger charge is 2.15. The SMILES string of the molecule is COc1cccc(-c2nnc(CCCl)s2)c1OC. The fraction of sp³-hybridized carbons (Fsp3) is 0.333. The number of aryl methyl sites for hydroxylation is 1. The number of aromatic nitrogens is 2. The molecule has 1 heterocycles. The molecule has 4 nitrogen and oxygen atoms in total. The van der Waals surface area contributed by atoms with E-state index in [0.717, 1.165) is 22.0 Å². The van der Waals surface area contributed by atoms with Crippen molar-refractivity contribution in [2.24, 2.45) is 0 Å². The number of methoxy groups -OCH3 is 2. The van der Waals surface area contributed by atoms with Gasteiger partial charge in [-0.1, -0.05) is 17.4 Å². The average molecular weight is 285 g/mol. The zero-order valence-electron chi connectivity index (χ0n) is 10.1. The number of hydrogen-bond donors (Lipinski definition) is 0. The minimum atomic E-state index is 0.546. The summed E-state index contributed by atoms with van der Waals surface area (Å²) in [5.41, 5.74) is 0.884. The molecule has 0 aliphatic carbocycles. The Morgan fingerprint density at radius 1 is 1.22 bits per heavy atom. The first-order chi connectivity index (χ1) is 8.80. The summed E-state index contributed by atoms with van der Waals surface area (Å²) >= 11 is 7.21. The summed E-state index contributed by atoms with van der Waals surface area (Å²) in [6, 6.07) is 5.69. The fourth-order valence-corrected chi connectivity index (χ4v) is 2.75. The predicted octanol–water partition coefficient (Wildman–Crippen LogP) is 3.00. The lowest BCUT2D eigenvalue weighted by Gasteiger charge is -2.10. The molecule has 1 aromatic heterocycles. The maximum absolute atomic E-state index is 5.69. The molecule has 6 heteroatoms. The highest BCUT2D eigenvalue weighted by atomic mass is 35.5. The van der Waals surface area contributed by atoms with E-state index in [1.54, 1.807) is 14.2 Å². The lowest BCUT2D eigenvalue weighted by Crippen LogP contribution is -1.92. The molecular formula is C12H13ClN2O2S. The van der Waals surface area contributed by atoms with Gasteiger partial charge in [0.05, 0.1) is 19.8 Å². The van der Waals surface area contributed by atoms with Crippen molar-refractivity contribution in [1.82, 2.24) is 10.2 Å². The van der Waals surface area contributed by atoms with Crippen molar-refractivity contribution in [3.63, 3.8) is 0 Å². The number of rotatable bonds is 5. The Bertz CT molecular complexity index is 531. The fourth-order valence-electron chi connectivity index (χ4n) is 1.60. The Labute approximate surface area is 115 Å². The van der Waals surface area contributed by atoms with Gasteiger partial charge in [0.2, 0.25) is 0 Å². The van der Waals surface area contributed by atoms with Gasteiger partial charge in [-0.15, -0.1) is 21.8 Å². The standard InChI is InChI=1S/C12H13ClN2O2S/c1-16-9-5-3-4-8(11(9)17-2)12-15-14-10(18-12)6-7-13/h3-5H,6-7H2,1-2H3. The lowest BCUT2D eigenvalue weighted by atomic mass is 10.2. The maximum Gasteiger partial charge on any atom is 0.171 e. The molecule has 0 saturated heterocycles. The zero-order chi connectivity index (χ0) is 13.0. The minimum Gasteiger partial charge on any atom is -0.493 e. The van der Waals surface area contributed by atoms with Crippen LogP contribution in [0.15, 0.2) is 18.2 Å². The van der Waals surface area contributed by atoms with Crippen LogP contribution in [0.1, 0.15) is 5.01 Å². The zero-order valence-corrected chi connectivity index (χ0v) is 11.7. The van der Waals surface area contributed by atoms with E-state index >= 15 is 0 Å². The monoisotopic (exact) mass is 284 g/mol. The van der Waals surface area contributed by atoms with Crippen LogP contribution >= 0.6 is 22.9 Å². The second-order valence-electron chi connectivity index (χ2n) is 3.48. The van der Waals surface area contributed by atoms with Crippen molar-refractivity contribution < 1.29 is 9.47 Å². The Morgan fingerprint density at radius 3 is 2.72 bits per heavy atom. The minimum absolute atomic E-state index is 0.546. The summed E-state index contributed by atoms with van der Waals surface area (Å²) in [5, 5.41) is 10.00. The van der Waals surface area contributed by atoms with Gasteiger partial charge in [0.25, 0.3) is 0 Å². The third-order valence-electron chi connectivity index (χ3n) is 2.41. The molecule has 2 rings (SSSR count). The van der Waals surface area contributed by atoms with Crippen molar-refractivity contribution in [1.29, 1.82) is 0 Å². The molecule has 1 aromatic carbocycles. The van der Waals surface area contributed by atoms with Crippen molar-refractivity contribution >= 4 is 22.9 Å². The summed E-state index contributed by atoms with van der Waals surface area (Å²) in [7, 11) is 3.22. The Hall–Kier alpha value is -1.33. The third-order valence-corrected chi connectivity index (χ3v) is 3.61. The van der Waals surface area contributed by atoms with Crippen LogP contribution in [0, 0.1) is 0 Å². The first-order valence-electron chi connectivity index (χ1n) is 5.40. The summed E-state index contributed by atoms with van der Waals surface area (Å²) in [6.45, 7) is 0. The summed E-state index contributed by atoms with van der Waals surface area (Å²) in [5.74, 6) is 1.90. The first-order valence-corrected chi connectivity index (χ1v) is 6.75. The summed E-state index contributed by atoms with van der Waals surface area (Å²) in [4.78, 5) is 0. The van der Waals surface area contributed by atoms with Gasteiger partial charge in [-0.25, -0.2) is 0 Å². The van der Waals surface area contributed by atoms with Crippen LogP contribution in [-0.4, -0.2) is 30.3 Å². The van der Waals surface area contributed by atoms with E-state index in [1.165, 1.54) is 11.3 Å². The van der Waals surface area contributed by atoms with Crippen LogP contribution < -0.4 is 9.47 Å². The summed E-state index contributed by atoms with van der Waals surface area (Å²) in [6.07, 6.45) is 0.728. The Morgan fingerprint density at radius 2 is 2.06 bits per heavy atom. The van der Waals surface area contributed by atoms with Crippen molar-refractivity contribution in [2.45, 2.75) is 6.42 Å². The van der Waals surface area contributed by atoms with E-state index in [1.807, 2.05) is 18.2 Å². The predicted molar refractivity (Wildman–Crippen MR) is 72.9 cm³/mol. The average Bonchev–Trinajstić information content (AvgIpc) is 2.86. The molecule has 0 N–H and O–H groups in total. The normalized spacial score (nSPS) is 10.4. The Balaban J connectivity index is 2.42. The molecule has 0 radical (unpaired) electrons. The van der Waals surface area contributed by atoms with Gasteiger partial charge in [-0.3, -0.25) is 0 Å². The molecule has 0 amide bonds. The lowest BCUT2D eigenvalue weighted by molar-refractivity contribution is 0.356. The van der Waals surface area contributed by atoms with Crippen LogP contribution in [0.3, 0.4) is 0 Å². The van der Waals surface area contributed by atoms with Gasteiger partial charge in [0.1, 0.15) is 5.01 Å². The van der Waals surface area contributed by atoms with Crippen molar-refractivity contribution in [3.8, 4) is 22.1 Å². The highest BCUT2D eigenvalue weighted by molar-refractivity contribution is 7.14. The van der Waals surface area contributed by atoms with E-state index in [2.05, 4.69) is 10.2 Å². The molecule has 0 aliphatic rings. The van der Waals surface area contributed by atoms with Crippen LogP contribution in [0.25, 0.3) is 10.6 Å². The van der Waals surface area contributed by atoms with Gasteiger partial charge in [0, 0.05) is 12.3 Å². The maximum atomic E-state index is 5.69. The number of halogens is 1. The molecule has 0 aliphatic heterocycles. The highest BCUT2D eigenvalue weighted by Crippen LogP contribution is 2.38. The van der Waals surface area contributed by atoms with E-state index in [9.17, 15) is 0 Å². The molecule has 0 fully saturated rings. The van der Waals surface area contributed by atoms with E-state index < -0.39 is 0 Å². The summed E-state index contributed by atoms with van der Waals surface area (Å²) < 4.78 is 10.6. The largest absolute Gasteiger partial charge is 0.493 e. The molecular weight excluding hydrogens is 272 g/mol. The van der Waals surface area contributed by atoms with E-state index in [0.29, 0.717) is 17.4 Å². The molecule has 0 spiro atoms. The van der Waals surface area contributed by atoms with Gasteiger partial charge in [-0.05, 0) is 12.1 Å². The van der Waals surface area contributed by atoms with Crippen molar-refractivity contribution in [3.05, 3.63) is 23.2 Å². The van der Waals surface area contributed by atoms with Gasteiger partial charge < -0.3 is 9.47 Å². The van der Waals surface area contributed by atoms with Gasteiger partial charge in [0.15, 0.2) is 16.5 Å². The molecule has 0 unspecified atom stereocenters. The Kier molecular flexibility index (Phi) is 4.38. The number of para-hydroxylation sites is 1. The molecule has 2 aromatic rings. The van der Waals surface area contributed by atoms with Gasteiger partial charge >= 0.3 is 0 Å². The molecule has 0 atom stereocenters. The second-order valence-corrected chi connectivity index (χ2v) is 4.92. The second kappa shape index (κ2) is 6.02. The first kappa shape index (κ1) is 13.1. The van der Waals surface area contributed by atoms with Crippen LogP contribution in [-0.2, 0) is 6.42 Å². The van der Waals surface area contributed by atoms with E-state index in [4.69, 9.17) is 21.1 Å². The van der Waals surface area contributed by atoms with Crippen LogP contribution in [0.5, 0.6) is 11.5 Å². The van der Waals surface area contributed by atoms with Crippen LogP contribution in [0.2, 0.25) is 0 Å².